The van der Waals surface area contributed by atoms with Crippen LogP contribution in [-0.2, 0) is 9.59 Å². The second kappa shape index (κ2) is 6.74. The first-order valence-corrected chi connectivity index (χ1v) is 7.15. The molecule has 1 aliphatic rings. The molecular weight excluding hydrogens is 272 g/mol. The Morgan fingerprint density at radius 1 is 1.05 bits per heavy atom. The lowest BCUT2D eigenvalue weighted by Gasteiger charge is -2.34. The van der Waals surface area contributed by atoms with Gasteiger partial charge in [-0.2, -0.15) is 0 Å². The van der Waals surface area contributed by atoms with Crippen LogP contribution in [-0.4, -0.2) is 29.1 Å². The molecule has 3 amide bonds. The van der Waals surface area contributed by atoms with Crippen molar-refractivity contribution in [1.29, 1.82) is 0 Å². The van der Waals surface area contributed by atoms with Gasteiger partial charge in [0.2, 0.25) is 0 Å². The molecule has 0 aromatic carbocycles. The van der Waals surface area contributed by atoms with Crippen LogP contribution in [0.5, 0.6) is 0 Å². The molecule has 1 fully saturated rings. The topological polar surface area (TPSA) is 95.5 Å². The highest BCUT2D eigenvalue weighted by molar-refractivity contribution is 6.07. The molecule has 118 valence electrons. The maximum Gasteiger partial charge on any atom is 0.331 e. The van der Waals surface area contributed by atoms with Crippen molar-refractivity contribution in [2.75, 3.05) is 0 Å². The fourth-order valence-electron chi connectivity index (χ4n) is 2.29. The number of amides is 3. The quantitative estimate of drug-likeness (QED) is 0.696. The van der Waals surface area contributed by atoms with E-state index in [-0.39, 0.29) is 17.2 Å². The van der Waals surface area contributed by atoms with Crippen molar-refractivity contribution < 1.29 is 19.5 Å². The summed E-state index contributed by atoms with van der Waals surface area (Å²) in [6, 6.07) is -0.502. The van der Waals surface area contributed by atoms with Crippen molar-refractivity contribution in [3.63, 3.8) is 0 Å². The molecule has 0 heterocycles. The number of nitrogens with one attached hydrogen (secondary N) is 2. The van der Waals surface area contributed by atoms with E-state index in [0.29, 0.717) is 5.41 Å². The summed E-state index contributed by atoms with van der Waals surface area (Å²) in [6.45, 7) is 7.12. The summed E-state index contributed by atoms with van der Waals surface area (Å²) in [4.78, 5) is 34.3. The van der Waals surface area contributed by atoms with Gasteiger partial charge >= 0.3 is 12.0 Å². The predicted molar refractivity (Wildman–Crippen MR) is 78.7 cm³/mol. The van der Waals surface area contributed by atoms with Gasteiger partial charge in [0, 0.05) is 17.2 Å². The van der Waals surface area contributed by atoms with Crippen molar-refractivity contribution in [3.8, 4) is 0 Å². The number of imide groups is 1. The molecule has 0 aromatic rings. The third-order valence-electron chi connectivity index (χ3n) is 4.13. The smallest absolute Gasteiger partial charge is 0.331 e. The molecule has 6 nitrogen and oxygen atoms in total. The number of carboxylic acid groups (broad SMARTS) is 1. The van der Waals surface area contributed by atoms with Gasteiger partial charge in [-0.3, -0.25) is 10.1 Å². The van der Waals surface area contributed by atoms with Gasteiger partial charge in [-0.25, -0.2) is 9.59 Å². The van der Waals surface area contributed by atoms with Crippen LogP contribution in [0.25, 0.3) is 0 Å². The van der Waals surface area contributed by atoms with Gasteiger partial charge in [0.25, 0.3) is 5.91 Å². The van der Waals surface area contributed by atoms with E-state index >= 15 is 0 Å². The minimum atomic E-state index is -1.17. The third-order valence-corrected chi connectivity index (χ3v) is 4.13. The molecule has 0 bridgehead atoms. The Kier molecular flexibility index (Phi) is 5.52. The molecule has 6 heteroatoms. The zero-order valence-corrected chi connectivity index (χ0v) is 13.1. The first-order chi connectivity index (χ1) is 9.62. The summed E-state index contributed by atoms with van der Waals surface area (Å²) in [6.07, 6.45) is 3.83. The van der Waals surface area contributed by atoms with E-state index in [0.717, 1.165) is 25.7 Å². The van der Waals surface area contributed by atoms with Crippen LogP contribution in [0.2, 0.25) is 0 Å². The number of hydrogen-bond donors (Lipinski definition) is 3. The highest BCUT2D eigenvalue weighted by atomic mass is 16.4. The molecule has 1 aliphatic carbocycles. The highest BCUT2D eigenvalue weighted by Gasteiger charge is 2.27. The Bertz CT molecular complexity index is 470. The zero-order valence-electron chi connectivity index (χ0n) is 13.1. The van der Waals surface area contributed by atoms with Gasteiger partial charge in [0.1, 0.15) is 0 Å². The van der Waals surface area contributed by atoms with E-state index in [4.69, 9.17) is 5.11 Å². The van der Waals surface area contributed by atoms with E-state index < -0.39 is 17.9 Å². The summed E-state index contributed by atoms with van der Waals surface area (Å²) in [5, 5.41) is 13.8. The maximum absolute atomic E-state index is 11.8. The number of aliphatic carboxylic acids is 1. The first-order valence-electron chi connectivity index (χ1n) is 7.15. The van der Waals surface area contributed by atoms with Crippen molar-refractivity contribution >= 4 is 17.9 Å². The van der Waals surface area contributed by atoms with Gasteiger partial charge in [-0.15, -0.1) is 0 Å². The molecule has 21 heavy (non-hydrogen) atoms. The Morgan fingerprint density at radius 3 is 2.05 bits per heavy atom. The molecule has 0 radical (unpaired) electrons. The standard InChI is InChI=1S/C15H24N2O4/c1-9(10(2)13(19)20)12(18)17-14(21)16-11-5-7-15(3,4)8-6-11/h11H,5-8H2,1-4H3,(H,19,20)(H2,16,17,18,21). The summed E-state index contributed by atoms with van der Waals surface area (Å²) in [5.41, 5.74) is 0.268. The van der Waals surface area contributed by atoms with Crippen LogP contribution in [0.1, 0.15) is 53.4 Å². The normalized spacial score (nSPS) is 19.4. The van der Waals surface area contributed by atoms with Crippen molar-refractivity contribution in [2.45, 2.75) is 59.4 Å². The van der Waals surface area contributed by atoms with Crippen LogP contribution in [0.4, 0.5) is 4.79 Å². The molecular formula is C15H24N2O4. The second-order valence-corrected chi connectivity index (χ2v) is 6.42. The molecule has 0 unspecified atom stereocenters. The molecule has 0 aliphatic heterocycles. The van der Waals surface area contributed by atoms with Crippen LogP contribution in [0, 0.1) is 5.41 Å². The minimum Gasteiger partial charge on any atom is -0.478 e. The average Bonchev–Trinajstić information content (AvgIpc) is 2.39. The van der Waals surface area contributed by atoms with E-state index in [9.17, 15) is 14.4 Å². The van der Waals surface area contributed by atoms with Crippen molar-refractivity contribution in [3.05, 3.63) is 11.1 Å². The largest absolute Gasteiger partial charge is 0.478 e. The van der Waals surface area contributed by atoms with Gasteiger partial charge in [0.15, 0.2) is 0 Å². The van der Waals surface area contributed by atoms with Gasteiger partial charge in [-0.05, 0) is 44.9 Å². The predicted octanol–water partition coefficient (Wildman–Crippen LogP) is 2.20. The van der Waals surface area contributed by atoms with E-state index in [2.05, 4.69) is 24.5 Å². The summed E-state index contributed by atoms with van der Waals surface area (Å²) < 4.78 is 0. The highest BCUT2D eigenvalue weighted by Crippen LogP contribution is 2.34. The number of carboxylic acids is 1. The maximum atomic E-state index is 11.8. The molecule has 3 N–H and O–H groups in total. The minimum absolute atomic E-state index is 0.0300. The van der Waals surface area contributed by atoms with Gasteiger partial charge in [-0.1, -0.05) is 13.8 Å². The average molecular weight is 296 g/mol. The monoisotopic (exact) mass is 296 g/mol. The Hall–Kier alpha value is -1.85. The van der Waals surface area contributed by atoms with Crippen molar-refractivity contribution in [2.24, 2.45) is 5.41 Å². The molecule has 1 rings (SSSR count). The molecule has 0 saturated heterocycles. The lowest BCUT2D eigenvalue weighted by atomic mass is 9.76. The Balaban J connectivity index is 2.50. The number of hydrogen-bond acceptors (Lipinski definition) is 3. The molecule has 0 aromatic heterocycles. The molecule has 0 spiro atoms. The second-order valence-electron chi connectivity index (χ2n) is 6.42. The van der Waals surface area contributed by atoms with Crippen LogP contribution >= 0.6 is 0 Å². The number of urea groups is 1. The Morgan fingerprint density at radius 2 is 1.57 bits per heavy atom. The Labute approximate surface area is 125 Å². The van der Waals surface area contributed by atoms with Crippen LogP contribution in [0.3, 0.4) is 0 Å². The van der Waals surface area contributed by atoms with E-state index in [1.165, 1.54) is 13.8 Å². The van der Waals surface area contributed by atoms with Crippen LogP contribution < -0.4 is 10.6 Å². The lowest BCUT2D eigenvalue weighted by Crippen LogP contribution is -2.46. The summed E-state index contributed by atoms with van der Waals surface area (Å²) in [5.74, 6) is -1.85. The van der Waals surface area contributed by atoms with Crippen molar-refractivity contribution in [1.82, 2.24) is 10.6 Å². The van der Waals surface area contributed by atoms with Gasteiger partial charge in [0.05, 0.1) is 0 Å². The number of carbonyl (C=O) groups is 3. The summed E-state index contributed by atoms with van der Waals surface area (Å²) in [7, 11) is 0. The summed E-state index contributed by atoms with van der Waals surface area (Å²) >= 11 is 0. The SMILES string of the molecule is CC(C(=O)O)=C(C)C(=O)NC(=O)NC1CCC(C)(C)CC1. The first kappa shape index (κ1) is 17.2. The fourth-order valence-corrected chi connectivity index (χ4v) is 2.29. The van der Waals surface area contributed by atoms with E-state index in [1.54, 1.807) is 0 Å². The van der Waals surface area contributed by atoms with Crippen LogP contribution in [0.15, 0.2) is 11.1 Å². The number of carbonyl (C=O) groups excluding carboxylic acids is 2. The fraction of sp³-hybridized carbons (Fsp3) is 0.667. The zero-order chi connectivity index (χ0) is 16.2. The molecule has 0 atom stereocenters. The van der Waals surface area contributed by atoms with E-state index in [1.807, 2.05) is 0 Å². The number of rotatable bonds is 3. The molecule has 1 saturated carbocycles. The lowest BCUT2D eigenvalue weighted by molar-refractivity contribution is -0.133. The third kappa shape index (κ3) is 5.21. The van der Waals surface area contributed by atoms with Gasteiger partial charge < -0.3 is 10.4 Å².